The zero-order chi connectivity index (χ0) is 24.7. The number of aliphatic carboxylic acids is 1. The number of halogens is 2. The summed E-state index contributed by atoms with van der Waals surface area (Å²) in [6.45, 7) is -0.349. The van der Waals surface area contributed by atoms with Gasteiger partial charge in [-0.3, -0.25) is 9.59 Å². The molecule has 3 aliphatic carbocycles. The van der Waals surface area contributed by atoms with E-state index < -0.39 is 48.3 Å². The molecule has 0 heterocycles. The minimum Gasteiger partial charge on any atom is -0.481 e. The monoisotopic (exact) mass is 484 g/mol. The molecule has 7 nitrogen and oxygen atoms in total. The predicted octanol–water partition coefficient (Wildman–Crippen LogP) is 3.78. The Kier molecular flexibility index (Phi) is 5.94. The van der Waals surface area contributed by atoms with E-state index in [4.69, 9.17) is 9.84 Å². The SMILES string of the molecule is O=C(O)CC(NC(=O)[C@@H]1[C@H](CNC(=O)OCC2c3ccccc3-c3ccccc32)C1(F)F)C1CC1. The Morgan fingerprint density at radius 3 is 2.20 bits per heavy atom. The number of hydrogen-bond acceptors (Lipinski definition) is 4. The lowest BCUT2D eigenvalue weighted by Crippen LogP contribution is -2.40. The third-order valence-corrected chi connectivity index (χ3v) is 7.21. The van der Waals surface area contributed by atoms with Gasteiger partial charge < -0.3 is 20.5 Å². The van der Waals surface area contributed by atoms with Crippen LogP contribution in [0.3, 0.4) is 0 Å². The van der Waals surface area contributed by atoms with Gasteiger partial charge in [-0.2, -0.15) is 0 Å². The molecule has 2 fully saturated rings. The molecule has 3 atom stereocenters. The van der Waals surface area contributed by atoms with Gasteiger partial charge in [-0.1, -0.05) is 48.5 Å². The van der Waals surface area contributed by atoms with Crippen molar-refractivity contribution >= 4 is 18.0 Å². The first kappa shape index (κ1) is 23.3. The van der Waals surface area contributed by atoms with E-state index in [0.29, 0.717) is 0 Å². The van der Waals surface area contributed by atoms with Crippen molar-refractivity contribution in [1.82, 2.24) is 10.6 Å². The van der Waals surface area contributed by atoms with Crippen LogP contribution in [-0.4, -0.2) is 48.2 Å². The standard InChI is InChI=1S/C26H26F2N2O5/c27-26(28)20(23(26)24(33)30-21(11-22(31)32)14-9-10-14)12-29-25(34)35-13-19-17-7-3-1-5-15(17)16-6-2-4-8-18(16)19/h1-8,14,19-21,23H,9-13H2,(H,29,34)(H,30,33)(H,31,32)/t20-,21?,23-/m0/s1. The molecular weight excluding hydrogens is 458 g/mol. The van der Waals surface area contributed by atoms with Crippen LogP contribution in [-0.2, 0) is 14.3 Å². The first-order valence-corrected chi connectivity index (χ1v) is 11.8. The Hall–Kier alpha value is -3.49. The number of carboxylic acids is 1. The molecule has 2 amide bonds. The highest BCUT2D eigenvalue weighted by Crippen LogP contribution is 2.55. The summed E-state index contributed by atoms with van der Waals surface area (Å²) in [5, 5.41) is 13.8. The second-order valence-corrected chi connectivity index (χ2v) is 9.52. The summed E-state index contributed by atoms with van der Waals surface area (Å²) in [6.07, 6.45) is 0.422. The molecule has 0 spiro atoms. The van der Waals surface area contributed by atoms with E-state index in [2.05, 4.69) is 10.6 Å². The van der Waals surface area contributed by atoms with Crippen molar-refractivity contribution < 1.29 is 33.0 Å². The molecule has 3 N–H and O–H groups in total. The van der Waals surface area contributed by atoms with Crippen LogP contribution in [0.4, 0.5) is 13.6 Å². The van der Waals surface area contributed by atoms with E-state index in [1.165, 1.54) is 0 Å². The molecule has 3 aliphatic rings. The second kappa shape index (κ2) is 8.94. The summed E-state index contributed by atoms with van der Waals surface area (Å²) in [5.74, 6) is -8.30. The predicted molar refractivity (Wildman–Crippen MR) is 122 cm³/mol. The Bertz CT molecular complexity index is 1120. The number of fused-ring (bicyclic) bond motifs is 3. The molecule has 2 saturated carbocycles. The average molecular weight is 484 g/mol. The lowest BCUT2D eigenvalue weighted by atomic mass is 9.98. The lowest BCUT2D eigenvalue weighted by Gasteiger charge is -2.16. The number of carboxylic acid groups (broad SMARTS) is 1. The maximum Gasteiger partial charge on any atom is 0.407 e. The van der Waals surface area contributed by atoms with Crippen LogP contribution in [0.25, 0.3) is 11.1 Å². The van der Waals surface area contributed by atoms with Crippen LogP contribution in [0.2, 0.25) is 0 Å². The number of hydrogen-bond donors (Lipinski definition) is 3. The van der Waals surface area contributed by atoms with Crippen LogP contribution in [0.5, 0.6) is 0 Å². The number of amides is 2. The highest BCUT2D eigenvalue weighted by Gasteiger charge is 2.71. The third kappa shape index (κ3) is 4.59. The zero-order valence-electron chi connectivity index (χ0n) is 18.9. The molecule has 0 aromatic heterocycles. The molecule has 9 heteroatoms. The van der Waals surface area contributed by atoms with Gasteiger partial charge in [-0.05, 0) is 41.0 Å². The number of nitrogens with one attached hydrogen (secondary N) is 2. The van der Waals surface area contributed by atoms with Gasteiger partial charge in [0.05, 0.1) is 12.3 Å². The van der Waals surface area contributed by atoms with E-state index in [1.807, 2.05) is 48.5 Å². The van der Waals surface area contributed by atoms with Gasteiger partial charge in [0.1, 0.15) is 12.5 Å². The smallest absolute Gasteiger partial charge is 0.407 e. The largest absolute Gasteiger partial charge is 0.481 e. The number of benzene rings is 2. The number of ether oxygens (including phenoxy) is 1. The zero-order valence-corrected chi connectivity index (χ0v) is 18.9. The summed E-state index contributed by atoms with van der Waals surface area (Å²) in [6, 6.07) is 15.1. The van der Waals surface area contributed by atoms with Crippen molar-refractivity contribution in [2.75, 3.05) is 13.2 Å². The second-order valence-electron chi connectivity index (χ2n) is 9.52. The van der Waals surface area contributed by atoms with Gasteiger partial charge in [0.2, 0.25) is 5.91 Å². The molecule has 0 aliphatic heterocycles. The van der Waals surface area contributed by atoms with Crippen LogP contribution < -0.4 is 10.6 Å². The molecule has 2 aromatic carbocycles. The van der Waals surface area contributed by atoms with Crippen molar-refractivity contribution in [3.8, 4) is 11.1 Å². The summed E-state index contributed by atoms with van der Waals surface area (Å²) < 4.78 is 33.9. The van der Waals surface area contributed by atoms with Crippen molar-refractivity contribution in [1.29, 1.82) is 0 Å². The summed E-state index contributed by atoms with van der Waals surface area (Å²) in [5.41, 5.74) is 4.24. The van der Waals surface area contributed by atoms with Gasteiger partial charge in [0, 0.05) is 18.5 Å². The van der Waals surface area contributed by atoms with Crippen LogP contribution >= 0.6 is 0 Å². The summed E-state index contributed by atoms with van der Waals surface area (Å²) in [7, 11) is 0. The van der Waals surface area contributed by atoms with Crippen LogP contribution in [0.15, 0.2) is 48.5 Å². The molecule has 2 aromatic rings. The molecular formula is C26H26F2N2O5. The third-order valence-electron chi connectivity index (χ3n) is 7.21. The molecule has 184 valence electrons. The number of carbonyl (C=O) groups excluding carboxylic acids is 2. The van der Waals surface area contributed by atoms with E-state index in [0.717, 1.165) is 35.1 Å². The minimum atomic E-state index is -3.27. The van der Waals surface area contributed by atoms with Gasteiger partial charge in [0.15, 0.2) is 0 Å². The molecule has 5 rings (SSSR count). The maximum atomic E-state index is 14.3. The highest BCUT2D eigenvalue weighted by molar-refractivity contribution is 5.85. The van der Waals surface area contributed by atoms with Crippen molar-refractivity contribution in [3.05, 3.63) is 59.7 Å². The Balaban J connectivity index is 1.14. The van der Waals surface area contributed by atoms with Gasteiger partial charge in [-0.25, -0.2) is 13.6 Å². The number of carbonyl (C=O) groups is 3. The summed E-state index contributed by atoms with van der Waals surface area (Å²) in [4.78, 5) is 35.7. The Morgan fingerprint density at radius 2 is 1.63 bits per heavy atom. The van der Waals surface area contributed by atoms with Gasteiger partial charge in [0.25, 0.3) is 5.92 Å². The van der Waals surface area contributed by atoms with Gasteiger partial charge in [-0.15, -0.1) is 0 Å². The van der Waals surface area contributed by atoms with Crippen LogP contribution in [0, 0.1) is 17.8 Å². The van der Waals surface area contributed by atoms with E-state index >= 15 is 0 Å². The molecule has 0 bridgehead atoms. The normalized spacial score (nSPS) is 22.5. The summed E-state index contributed by atoms with van der Waals surface area (Å²) >= 11 is 0. The Labute approximate surface area is 200 Å². The first-order chi connectivity index (χ1) is 16.8. The highest BCUT2D eigenvalue weighted by atomic mass is 19.3. The molecule has 1 unspecified atom stereocenters. The van der Waals surface area contributed by atoms with E-state index in [1.54, 1.807) is 0 Å². The van der Waals surface area contributed by atoms with Gasteiger partial charge >= 0.3 is 12.1 Å². The van der Waals surface area contributed by atoms with Crippen LogP contribution in [0.1, 0.15) is 36.3 Å². The quantitative estimate of drug-likeness (QED) is 0.503. The van der Waals surface area contributed by atoms with Crippen molar-refractivity contribution in [2.24, 2.45) is 17.8 Å². The minimum absolute atomic E-state index is 0.0137. The fraction of sp³-hybridized carbons (Fsp3) is 0.423. The first-order valence-electron chi connectivity index (χ1n) is 11.8. The average Bonchev–Trinajstić information content (AvgIpc) is 3.72. The number of rotatable bonds is 9. The van der Waals surface area contributed by atoms with Crippen molar-refractivity contribution in [2.45, 2.75) is 37.1 Å². The lowest BCUT2D eigenvalue weighted by molar-refractivity contribution is -0.138. The van der Waals surface area contributed by atoms with Crippen molar-refractivity contribution in [3.63, 3.8) is 0 Å². The fourth-order valence-electron chi connectivity index (χ4n) is 5.14. The molecule has 0 saturated heterocycles. The molecule has 35 heavy (non-hydrogen) atoms. The maximum absolute atomic E-state index is 14.3. The molecule has 0 radical (unpaired) electrons. The topological polar surface area (TPSA) is 105 Å². The Morgan fingerprint density at radius 1 is 1.03 bits per heavy atom. The number of alkyl halides is 2. The van der Waals surface area contributed by atoms with E-state index in [9.17, 15) is 23.2 Å². The van der Waals surface area contributed by atoms with E-state index in [-0.39, 0.29) is 24.9 Å². The number of alkyl carbamates (subject to hydrolysis) is 1. The fourth-order valence-corrected chi connectivity index (χ4v) is 5.14.